The summed E-state index contributed by atoms with van der Waals surface area (Å²) in [6.07, 6.45) is 0.343. The number of Topliss-reactive ketones (excluding diaryl/α,β-unsaturated/α-hetero) is 1. The minimum atomic E-state index is -1.28. The van der Waals surface area contributed by atoms with E-state index in [0.717, 1.165) is 4.70 Å². The maximum Gasteiger partial charge on any atom is 0.243 e. The van der Waals surface area contributed by atoms with Crippen LogP contribution in [0, 0.1) is 10.8 Å². The number of benzene rings is 1. The third-order valence-corrected chi connectivity index (χ3v) is 7.62. The molecule has 1 heterocycles. The molecular weight excluding hydrogens is 632 g/mol. The zero-order valence-electron chi connectivity index (χ0n) is 25.9. The Morgan fingerprint density at radius 3 is 1.89 bits per heavy atom. The summed E-state index contributed by atoms with van der Waals surface area (Å²) in [6, 6.07) is 3.61. The number of thiazole rings is 1. The lowest BCUT2D eigenvalue weighted by molar-refractivity contribution is -0.133. The summed E-state index contributed by atoms with van der Waals surface area (Å²) in [6.45, 7) is 1.23. The fraction of sp³-hybridized carbons (Fsp3) is 0.464. The van der Waals surface area contributed by atoms with Crippen molar-refractivity contribution in [3.63, 3.8) is 0 Å². The van der Waals surface area contributed by atoms with Crippen molar-refractivity contribution in [2.75, 3.05) is 19.6 Å². The molecule has 14 N–H and O–H groups in total. The number of primary amides is 1. The van der Waals surface area contributed by atoms with Crippen molar-refractivity contribution < 1.29 is 28.8 Å². The van der Waals surface area contributed by atoms with Gasteiger partial charge >= 0.3 is 0 Å². The normalized spacial score (nSPS) is 12.5. The van der Waals surface area contributed by atoms with E-state index in [9.17, 15) is 28.8 Å². The highest BCUT2D eigenvalue weighted by Gasteiger charge is 2.31. The summed E-state index contributed by atoms with van der Waals surface area (Å²) in [5, 5.41) is 30.2. The van der Waals surface area contributed by atoms with Crippen LogP contribution in [-0.2, 0) is 24.0 Å². The summed E-state index contributed by atoms with van der Waals surface area (Å²) in [5.74, 6) is -4.41. The molecule has 19 heteroatoms. The number of fused-ring (bicyclic) bond motifs is 1. The van der Waals surface area contributed by atoms with Gasteiger partial charge in [-0.25, -0.2) is 4.98 Å². The predicted octanol–water partition coefficient (Wildman–Crippen LogP) is -2.14. The molecule has 1 aromatic carbocycles. The number of aromatic nitrogens is 1. The molecule has 0 saturated heterocycles. The number of para-hydroxylation sites is 1. The van der Waals surface area contributed by atoms with E-state index in [0.29, 0.717) is 11.9 Å². The molecule has 0 bridgehead atoms. The van der Waals surface area contributed by atoms with E-state index in [1.54, 1.807) is 12.1 Å². The summed E-state index contributed by atoms with van der Waals surface area (Å²) < 4.78 is 0.782. The average molecular weight is 675 g/mol. The Bertz CT molecular complexity index is 1430. The number of guanidine groups is 2. The molecule has 5 amide bonds. The molecule has 0 spiro atoms. The van der Waals surface area contributed by atoms with Crippen LogP contribution in [0.25, 0.3) is 10.2 Å². The van der Waals surface area contributed by atoms with Crippen molar-refractivity contribution in [2.45, 2.75) is 63.6 Å². The first-order valence-electron chi connectivity index (χ1n) is 14.7. The number of nitrogens with one attached hydrogen (secondary N) is 8. The van der Waals surface area contributed by atoms with Crippen LogP contribution in [0.2, 0.25) is 0 Å². The van der Waals surface area contributed by atoms with Gasteiger partial charge in [-0.15, -0.1) is 11.3 Å². The lowest BCUT2D eigenvalue weighted by Crippen LogP contribution is -2.56. The lowest BCUT2D eigenvalue weighted by Gasteiger charge is -2.25. The minimum absolute atomic E-state index is 0.0359. The molecule has 0 fully saturated rings. The molecule has 0 radical (unpaired) electrons. The topological polar surface area (TPSA) is 313 Å². The minimum Gasteiger partial charge on any atom is -0.370 e. The van der Waals surface area contributed by atoms with Gasteiger partial charge in [-0.3, -0.25) is 39.6 Å². The Hall–Kier alpha value is -5.33. The average Bonchev–Trinajstić information content (AvgIpc) is 3.44. The van der Waals surface area contributed by atoms with Crippen molar-refractivity contribution in [3.8, 4) is 0 Å². The number of nitrogens with two attached hydrogens (primary N) is 3. The summed E-state index contributed by atoms with van der Waals surface area (Å²) >= 11 is 1.17. The second-order valence-electron chi connectivity index (χ2n) is 10.5. The molecule has 0 aliphatic heterocycles. The van der Waals surface area contributed by atoms with Crippen LogP contribution in [-0.4, -0.2) is 90.0 Å². The molecular formula is C28H42N12O6S. The largest absolute Gasteiger partial charge is 0.370 e. The van der Waals surface area contributed by atoms with E-state index in [1.807, 2.05) is 12.1 Å². The van der Waals surface area contributed by atoms with Crippen molar-refractivity contribution in [3.05, 3.63) is 29.3 Å². The van der Waals surface area contributed by atoms with Crippen molar-refractivity contribution in [2.24, 2.45) is 17.2 Å². The van der Waals surface area contributed by atoms with Gasteiger partial charge in [0, 0.05) is 26.4 Å². The first-order chi connectivity index (χ1) is 22.3. The number of ketones is 1. The Morgan fingerprint density at radius 1 is 0.787 bits per heavy atom. The standard InChI is InChI=1S/C28H42N12O6S/c1-15(41)36-14-22(43)37-19(10-11-21(29)42)25(46)39-18(8-5-13-35-28(32)33)24(45)38-17(7-4-12-34-27(30)31)23(44)26-40-16-6-2-3-9-20(16)47-26/h2-3,6,9,17-19H,4-5,7-8,10-14H2,1H3,(H2,29,42)(H,36,41)(H,37,43)(H,38,45)(H,39,46)(H4,30,31,34)(H4,32,33,35)/t17-,18-,19-/m0/s1. The molecule has 0 unspecified atom stereocenters. The van der Waals surface area contributed by atoms with E-state index < -0.39 is 60.0 Å². The molecule has 18 nitrogen and oxygen atoms in total. The van der Waals surface area contributed by atoms with E-state index in [2.05, 4.69) is 36.9 Å². The molecule has 1 aromatic heterocycles. The second kappa shape index (κ2) is 19.2. The van der Waals surface area contributed by atoms with Gasteiger partial charge in [0.15, 0.2) is 16.9 Å². The zero-order valence-corrected chi connectivity index (χ0v) is 26.8. The van der Waals surface area contributed by atoms with E-state index >= 15 is 0 Å². The predicted molar refractivity (Wildman–Crippen MR) is 175 cm³/mol. The van der Waals surface area contributed by atoms with Crippen LogP contribution in [0.5, 0.6) is 0 Å². The molecule has 47 heavy (non-hydrogen) atoms. The first-order valence-corrected chi connectivity index (χ1v) is 15.6. The molecule has 0 aliphatic rings. The smallest absolute Gasteiger partial charge is 0.243 e. The molecule has 2 rings (SSSR count). The second-order valence-corrected chi connectivity index (χ2v) is 11.5. The number of amides is 5. The maximum absolute atomic E-state index is 13.7. The highest BCUT2D eigenvalue weighted by Crippen LogP contribution is 2.23. The van der Waals surface area contributed by atoms with Gasteiger partial charge in [-0.1, -0.05) is 12.1 Å². The summed E-state index contributed by atoms with van der Waals surface area (Å²) in [5.41, 5.74) is 16.6. The summed E-state index contributed by atoms with van der Waals surface area (Å²) in [7, 11) is 0. The fourth-order valence-corrected chi connectivity index (χ4v) is 5.23. The summed E-state index contributed by atoms with van der Waals surface area (Å²) in [4.78, 5) is 80.2. The number of rotatable bonds is 20. The number of hydrogen-bond donors (Lipinski definition) is 11. The van der Waals surface area contributed by atoms with Crippen LogP contribution in [0.15, 0.2) is 24.3 Å². The van der Waals surface area contributed by atoms with Gasteiger partial charge in [0.1, 0.15) is 12.1 Å². The Balaban J connectivity index is 2.29. The van der Waals surface area contributed by atoms with Crippen LogP contribution in [0.4, 0.5) is 0 Å². The Morgan fingerprint density at radius 2 is 1.34 bits per heavy atom. The molecule has 3 atom stereocenters. The number of hydrogen-bond acceptors (Lipinski definition) is 10. The molecule has 0 aliphatic carbocycles. The van der Waals surface area contributed by atoms with Crippen molar-refractivity contribution >= 4 is 68.8 Å². The van der Waals surface area contributed by atoms with Crippen molar-refractivity contribution in [1.29, 1.82) is 10.8 Å². The Kier molecular flexibility index (Phi) is 15.5. The Labute approximate surface area is 274 Å². The zero-order chi connectivity index (χ0) is 34.9. The molecule has 256 valence electrons. The number of nitrogens with zero attached hydrogens (tertiary/aromatic N) is 1. The van der Waals surface area contributed by atoms with Gasteiger partial charge in [-0.2, -0.15) is 0 Å². The van der Waals surface area contributed by atoms with Gasteiger partial charge in [0.25, 0.3) is 0 Å². The van der Waals surface area contributed by atoms with Gasteiger partial charge in [0.05, 0.1) is 22.8 Å². The van der Waals surface area contributed by atoms with Gasteiger partial charge < -0.3 is 49.1 Å². The van der Waals surface area contributed by atoms with Gasteiger partial charge in [0.2, 0.25) is 35.3 Å². The third kappa shape index (κ3) is 14.1. The highest BCUT2D eigenvalue weighted by atomic mass is 32.1. The van der Waals surface area contributed by atoms with E-state index in [1.165, 1.54) is 18.3 Å². The van der Waals surface area contributed by atoms with Crippen LogP contribution < -0.4 is 49.1 Å². The quantitative estimate of drug-likeness (QED) is 0.0312. The first kappa shape index (κ1) is 37.9. The van der Waals surface area contributed by atoms with Crippen LogP contribution in [0.1, 0.15) is 55.3 Å². The lowest BCUT2D eigenvalue weighted by atomic mass is 10.0. The van der Waals surface area contributed by atoms with E-state index in [-0.39, 0.29) is 62.1 Å². The van der Waals surface area contributed by atoms with Crippen molar-refractivity contribution in [1.82, 2.24) is 36.9 Å². The highest BCUT2D eigenvalue weighted by molar-refractivity contribution is 7.20. The van der Waals surface area contributed by atoms with Gasteiger partial charge in [-0.05, 0) is 44.2 Å². The van der Waals surface area contributed by atoms with Crippen LogP contribution in [0.3, 0.4) is 0 Å². The number of carbonyl (C=O) groups excluding carboxylic acids is 6. The fourth-order valence-electron chi connectivity index (χ4n) is 4.27. The van der Waals surface area contributed by atoms with Crippen LogP contribution >= 0.6 is 11.3 Å². The third-order valence-electron chi connectivity index (χ3n) is 6.57. The molecule has 0 saturated carbocycles. The number of carbonyl (C=O) groups is 6. The monoisotopic (exact) mass is 674 g/mol. The SMILES string of the molecule is CC(=O)NCC(=O)N[C@@H](CCC(N)=O)C(=O)N[C@@H](CCCNC(=N)N)C(=O)N[C@@H](CCCNC(=N)N)C(=O)c1nc2ccccc2s1. The molecule has 2 aromatic rings. The van der Waals surface area contributed by atoms with E-state index in [4.69, 9.17) is 28.0 Å². The maximum atomic E-state index is 13.7.